The highest BCUT2D eigenvalue weighted by atomic mass is 28.3. The summed E-state index contributed by atoms with van der Waals surface area (Å²) in [7, 11) is -1.75. The molecule has 20 heavy (non-hydrogen) atoms. The fraction of sp³-hybridized carbons (Fsp3) is 0.263. The average molecular weight is 280 g/mol. The van der Waals surface area contributed by atoms with Gasteiger partial charge in [0.15, 0.2) is 0 Å². The van der Waals surface area contributed by atoms with Gasteiger partial charge in [-0.25, -0.2) is 0 Å². The van der Waals surface area contributed by atoms with Gasteiger partial charge in [0.2, 0.25) is 0 Å². The van der Waals surface area contributed by atoms with E-state index in [0.717, 1.165) is 12.3 Å². The highest BCUT2D eigenvalue weighted by molar-refractivity contribution is 7.05. The fourth-order valence-corrected chi connectivity index (χ4v) is 5.60. The summed E-state index contributed by atoms with van der Waals surface area (Å²) in [5.74, 6) is 0.719. The van der Waals surface area contributed by atoms with Gasteiger partial charge in [-0.05, 0) is 12.3 Å². The van der Waals surface area contributed by atoms with Crippen LogP contribution in [0.5, 0.6) is 0 Å². The Hall–Kier alpha value is -1.60. The third kappa shape index (κ3) is 3.49. The lowest BCUT2D eigenvalue weighted by Crippen LogP contribution is -2.54. The van der Waals surface area contributed by atoms with Crippen molar-refractivity contribution in [2.45, 2.75) is 26.8 Å². The van der Waals surface area contributed by atoms with E-state index in [1.165, 1.54) is 10.4 Å². The van der Waals surface area contributed by atoms with Gasteiger partial charge >= 0.3 is 0 Å². The SMILES string of the molecule is CC(C)C/C=C/[Si](C)(c1ccccc1)c1ccccc1. The Morgan fingerprint density at radius 1 is 0.850 bits per heavy atom. The maximum absolute atomic E-state index is 2.50. The molecule has 0 atom stereocenters. The molecule has 0 aliphatic heterocycles. The molecule has 0 aromatic heterocycles. The lowest BCUT2D eigenvalue weighted by atomic mass is 10.1. The minimum Gasteiger partial charge on any atom is -0.0915 e. The lowest BCUT2D eigenvalue weighted by Gasteiger charge is -2.25. The molecule has 0 amide bonds. The van der Waals surface area contributed by atoms with E-state index in [0.29, 0.717) is 0 Å². The number of hydrogen-bond donors (Lipinski definition) is 0. The van der Waals surface area contributed by atoms with E-state index >= 15 is 0 Å². The van der Waals surface area contributed by atoms with Gasteiger partial charge in [0.25, 0.3) is 0 Å². The molecule has 2 rings (SSSR count). The monoisotopic (exact) mass is 280 g/mol. The van der Waals surface area contributed by atoms with Gasteiger partial charge in [-0.2, -0.15) is 0 Å². The van der Waals surface area contributed by atoms with Crippen LogP contribution in [0.2, 0.25) is 6.55 Å². The van der Waals surface area contributed by atoms with E-state index < -0.39 is 8.07 Å². The summed E-state index contributed by atoms with van der Waals surface area (Å²) >= 11 is 0. The van der Waals surface area contributed by atoms with Gasteiger partial charge in [-0.1, -0.05) is 103 Å². The molecule has 0 fully saturated rings. The summed E-state index contributed by atoms with van der Waals surface area (Å²) in [6.45, 7) is 6.98. The summed E-state index contributed by atoms with van der Waals surface area (Å²) in [6.07, 6.45) is 3.54. The number of hydrogen-bond acceptors (Lipinski definition) is 0. The van der Waals surface area contributed by atoms with Crippen molar-refractivity contribution in [1.29, 1.82) is 0 Å². The molecular weight excluding hydrogens is 256 g/mol. The minimum absolute atomic E-state index is 0.719. The average Bonchev–Trinajstić information content (AvgIpc) is 2.48. The topological polar surface area (TPSA) is 0 Å². The molecule has 0 radical (unpaired) electrons. The summed E-state index contributed by atoms with van der Waals surface area (Å²) in [4.78, 5) is 0. The van der Waals surface area contributed by atoms with Gasteiger partial charge in [0.05, 0.1) is 0 Å². The second-order valence-electron chi connectivity index (χ2n) is 5.97. The Morgan fingerprint density at radius 2 is 1.30 bits per heavy atom. The molecule has 0 saturated carbocycles. The molecule has 0 saturated heterocycles. The molecular formula is C19H24Si. The van der Waals surface area contributed by atoms with E-state index in [-0.39, 0.29) is 0 Å². The molecule has 1 heteroatoms. The van der Waals surface area contributed by atoms with Crippen LogP contribution in [0, 0.1) is 5.92 Å². The third-order valence-electron chi connectivity index (χ3n) is 3.81. The second-order valence-corrected chi connectivity index (χ2v) is 9.86. The van der Waals surface area contributed by atoms with Crippen molar-refractivity contribution < 1.29 is 0 Å². The Balaban J connectivity index is 2.41. The molecule has 104 valence electrons. The van der Waals surface area contributed by atoms with Crippen LogP contribution in [-0.4, -0.2) is 8.07 Å². The van der Waals surface area contributed by atoms with Crippen molar-refractivity contribution in [2.75, 3.05) is 0 Å². The molecule has 0 nitrogen and oxygen atoms in total. The third-order valence-corrected chi connectivity index (χ3v) is 7.77. The first-order valence-corrected chi connectivity index (χ1v) is 9.99. The standard InChI is InChI=1S/C19H24Si/c1-17(2)11-10-16-20(3,18-12-6-4-7-13-18)19-14-8-5-9-15-19/h4-10,12-17H,11H2,1-3H3/b16-10+. The molecule has 0 N–H and O–H groups in total. The van der Waals surface area contributed by atoms with Gasteiger partial charge in [-0.15, -0.1) is 0 Å². The van der Waals surface area contributed by atoms with E-state index in [2.05, 4.69) is 92.8 Å². The molecule has 0 unspecified atom stereocenters. The largest absolute Gasteiger partial charge is 0.137 e. The highest BCUT2D eigenvalue weighted by Gasteiger charge is 2.28. The molecule has 0 spiro atoms. The summed E-state index contributed by atoms with van der Waals surface area (Å²) in [5, 5.41) is 2.96. The quantitative estimate of drug-likeness (QED) is 0.726. The van der Waals surface area contributed by atoms with Crippen LogP contribution in [0.1, 0.15) is 20.3 Å². The zero-order valence-electron chi connectivity index (χ0n) is 12.7. The first kappa shape index (κ1) is 14.8. The van der Waals surface area contributed by atoms with Gasteiger partial charge in [0, 0.05) is 0 Å². The molecule has 0 aliphatic rings. The molecule has 0 aliphatic carbocycles. The predicted molar refractivity (Wildman–Crippen MR) is 92.4 cm³/mol. The van der Waals surface area contributed by atoms with Gasteiger partial charge in [-0.3, -0.25) is 0 Å². The van der Waals surface area contributed by atoms with Crippen molar-refractivity contribution in [2.24, 2.45) is 5.92 Å². The van der Waals surface area contributed by atoms with Gasteiger partial charge < -0.3 is 0 Å². The molecule has 0 bridgehead atoms. The Labute approximate surface area is 124 Å². The smallest absolute Gasteiger partial charge is 0.0915 e. The van der Waals surface area contributed by atoms with E-state index in [9.17, 15) is 0 Å². The Morgan fingerprint density at radius 3 is 1.70 bits per heavy atom. The number of allylic oxidation sites excluding steroid dienone is 1. The minimum atomic E-state index is -1.75. The maximum Gasteiger partial charge on any atom is 0.137 e. The first-order chi connectivity index (χ1) is 9.63. The normalized spacial score (nSPS) is 12.2. The van der Waals surface area contributed by atoms with Gasteiger partial charge in [0.1, 0.15) is 8.07 Å². The van der Waals surface area contributed by atoms with Crippen molar-refractivity contribution in [1.82, 2.24) is 0 Å². The highest BCUT2D eigenvalue weighted by Crippen LogP contribution is 2.10. The zero-order chi connectivity index (χ0) is 14.4. The molecule has 0 heterocycles. The number of benzene rings is 2. The van der Waals surface area contributed by atoms with Crippen LogP contribution in [0.4, 0.5) is 0 Å². The first-order valence-electron chi connectivity index (χ1n) is 7.41. The molecule has 2 aromatic carbocycles. The summed E-state index contributed by atoms with van der Waals surface area (Å²) in [6, 6.07) is 21.9. The second kappa shape index (κ2) is 6.71. The van der Waals surface area contributed by atoms with Crippen LogP contribution in [0.15, 0.2) is 72.4 Å². The van der Waals surface area contributed by atoms with Crippen molar-refractivity contribution in [3.63, 3.8) is 0 Å². The molecule has 2 aromatic rings. The van der Waals surface area contributed by atoms with Crippen molar-refractivity contribution >= 4 is 18.4 Å². The van der Waals surface area contributed by atoms with Crippen LogP contribution in [0.3, 0.4) is 0 Å². The maximum atomic E-state index is 2.50. The van der Waals surface area contributed by atoms with Crippen molar-refractivity contribution in [3.8, 4) is 0 Å². The number of rotatable bonds is 5. The van der Waals surface area contributed by atoms with Crippen LogP contribution >= 0.6 is 0 Å². The predicted octanol–water partition coefficient (Wildman–Crippen LogP) is 4.02. The van der Waals surface area contributed by atoms with E-state index in [1.807, 2.05) is 0 Å². The van der Waals surface area contributed by atoms with Crippen molar-refractivity contribution in [3.05, 3.63) is 72.4 Å². The Kier molecular flexibility index (Phi) is 4.97. The summed E-state index contributed by atoms with van der Waals surface area (Å²) in [5.41, 5.74) is 2.50. The summed E-state index contributed by atoms with van der Waals surface area (Å²) < 4.78 is 0. The van der Waals surface area contributed by atoms with E-state index in [4.69, 9.17) is 0 Å². The van der Waals surface area contributed by atoms with E-state index in [1.54, 1.807) is 0 Å². The lowest BCUT2D eigenvalue weighted by molar-refractivity contribution is 0.664. The fourth-order valence-electron chi connectivity index (χ4n) is 2.50. The van der Waals surface area contributed by atoms with Crippen LogP contribution in [-0.2, 0) is 0 Å². The van der Waals surface area contributed by atoms with Crippen LogP contribution in [0.25, 0.3) is 0 Å². The Bertz CT molecular complexity index is 501. The van der Waals surface area contributed by atoms with Crippen LogP contribution < -0.4 is 10.4 Å². The zero-order valence-corrected chi connectivity index (χ0v) is 13.7.